The first-order chi connectivity index (χ1) is 7.66. The molecule has 0 unspecified atom stereocenters. The quantitative estimate of drug-likeness (QED) is 0.752. The SMILES string of the molecule is O=C(O)CCCC[C@@H]1SC[C@@H]2CC(=O)C[C@@H]21. The first-order valence-electron chi connectivity index (χ1n) is 6.02. The van der Waals surface area contributed by atoms with Gasteiger partial charge >= 0.3 is 5.97 Å². The molecule has 0 bridgehead atoms. The summed E-state index contributed by atoms with van der Waals surface area (Å²) in [6.45, 7) is 0. The van der Waals surface area contributed by atoms with Gasteiger partial charge in [-0.1, -0.05) is 6.42 Å². The molecule has 0 aromatic rings. The third-order valence-corrected chi connectivity index (χ3v) is 5.32. The first-order valence-corrected chi connectivity index (χ1v) is 7.07. The van der Waals surface area contributed by atoms with E-state index in [0.29, 0.717) is 22.9 Å². The van der Waals surface area contributed by atoms with E-state index in [-0.39, 0.29) is 6.42 Å². The Morgan fingerprint density at radius 1 is 1.38 bits per heavy atom. The van der Waals surface area contributed by atoms with Crippen molar-refractivity contribution in [3.05, 3.63) is 0 Å². The van der Waals surface area contributed by atoms with E-state index in [1.165, 1.54) is 0 Å². The van der Waals surface area contributed by atoms with Crippen LogP contribution in [0.2, 0.25) is 0 Å². The molecule has 3 atom stereocenters. The van der Waals surface area contributed by atoms with Gasteiger partial charge in [0.15, 0.2) is 0 Å². The monoisotopic (exact) mass is 242 g/mol. The molecule has 0 radical (unpaired) electrons. The van der Waals surface area contributed by atoms with Gasteiger partial charge < -0.3 is 5.11 Å². The lowest BCUT2D eigenvalue weighted by Gasteiger charge is -2.16. The number of unbranched alkanes of at least 4 members (excludes halogenated alkanes) is 1. The van der Waals surface area contributed by atoms with Gasteiger partial charge in [-0.05, 0) is 30.4 Å². The lowest BCUT2D eigenvalue weighted by Crippen LogP contribution is -2.14. The maximum Gasteiger partial charge on any atom is 0.303 e. The second-order valence-electron chi connectivity index (χ2n) is 4.88. The van der Waals surface area contributed by atoms with Gasteiger partial charge in [0.05, 0.1) is 0 Å². The maximum absolute atomic E-state index is 11.3. The molecule has 90 valence electrons. The summed E-state index contributed by atoms with van der Waals surface area (Å²) < 4.78 is 0. The zero-order valence-corrected chi connectivity index (χ0v) is 10.2. The molecule has 3 nitrogen and oxygen atoms in total. The molecule has 2 fully saturated rings. The lowest BCUT2D eigenvalue weighted by atomic mass is 9.92. The van der Waals surface area contributed by atoms with Gasteiger partial charge in [-0.2, -0.15) is 11.8 Å². The molecule has 1 aliphatic heterocycles. The highest BCUT2D eigenvalue weighted by atomic mass is 32.2. The minimum absolute atomic E-state index is 0.282. The minimum Gasteiger partial charge on any atom is -0.481 e. The number of hydrogen-bond donors (Lipinski definition) is 1. The number of hydrogen-bond acceptors (Lipinski definition) is 3. The number of Topliss-reactive ketones (excluding diaryl/α,β-unsaturated/α-hetero) is 1. The summed E-state index contributed by atoms with van der Waals surface area (Å²) in [5.74, 6) is 2.10. The van der Waals surface area contributed by atoms with Crippen molar-refractivity contribution in [3.8, 4) is 0 Å². The highest BCUT2D eigenvalue weighted by Crippen LogP contribution is 2.47. The number of fused-ring (bicyclic) bond motifs is 1. The van der Waals surface area contributed by atoms with Crippen LogP contribution in [0.15, 0.2) is 0 Å². The molecule has 1 N–H and O–H groups in total. The largest absolute Gasteiger partial charge is 0.481 e. The van der Waals surface area contributed by atoms with Crippen LogP contribution < -0.4 is 0 Å². The van der Waals surface area contributed by atoms with Crippen molar-refractivity contribution in [1.82, 2.24) is 0 Å². The summed E-state index contributed by atoms with van der Waals surface area (Å²) in [6.07, 6.45) is 4.71. The molecule has 2 aliphatic rings. The van der Waals surface area contributed by atoms with Crippen LogP contribution in [0, 0.1) is 11.8 Å². The van der Waals surface area contributed by atoms with Gasteiger partial charge in [-0.25, -0.2) is 0 Å². The Kier molecular flexibility index (Phi) is 3.90. The average Bonchev–Trinajstić information content (AvgIpc) is 2.72. The molecular formula is C12H18O3S. The summed E-state index contributed by atoms with van der Waals surface area (Å²) in [4.78, 5) is 21.7. The van der Waals surface area contributed by atoms with Gasteiger partial charge in [0.2, 0.25) is 0 Å². The fourth-order valence-corrected chi connectivity index (χ4v) is 4.62. The van der Waals surface area contributed by atoms with Crippen LogP contribution in [0.1, 0.15) is 38.5 Å². The Bertz CT molecular complexity index is 290. The smallest absolute Gasteiger partial charge is 0.303 e. The molecule has 16 heavy (non-hydrogen) atoms. The summed E-state index contributed by atoms with van der Waals surface area (Å²) >= 11 is 2.00. The van der Waals surface area contributed by atoms with Crippen molar-refractivity contribution < 1.29 is 14.7 Å². The van der Waals surface area contributed by atoms with E-state index < -0.39 is 5.97 Å². The van der Waals surface area contributed by atoms with E-state index >= 15 is 0 Å². The van der Waals surface area contributed by atoms with E-state index in [1.54, 1.807) is 0 Å². The summed E-state index contributed by atoms with van der Waals surface area (Å²) in [5, 5.41) is 9.16. The molecule has 1 aliphatic carbocycles. The Labute approximate surface area is 100.0 Å². The number of thioether (sulfide) groups is 1. The molecule has 0 aromatic heterocycles. The number of carbonyl (C=O) groups excluding carboxylic acids is 1. The van der Waals surface area contributed by atoms with Crippen molar-refractivity contribution in [1.29, 1.82) is 0 Å². The molecule has 4 heteroatoms. The topological polar surface area (TPSA) is 54.4 Å². The zero-order chi connectivity index (χ0) is 11.5. The maximum atomic E-state index is 11.3. The second-order valence-corrected chi connectivity index (χ2v) is 6.15. The number of rotatable bonds is 5. The fraction of sp³-hybridized carbons (Fsp3) is 0.833. The number of carbonyl (C=O) groups is 2. The summed E-state index contributed by atoms with van der Waals surface area (Å²) in [5.41, 5.74) is 0. The lowest BCUT2D eigenvalue weighted by molar-refractivity contribution is -0.137. The van der Waals surface area contributed by atoms with Crippen LogP contribution in [0.5, 0.6) is 0 Å². The van der Waals surface area contributed by atoms with Crippen LogP contribution in [0.3, 0.4) is 0 Å². The predicted octanol–water partition coefficient (Wildman–Crippen LogP) is 2.34. The van der Waals surface area contributed by atoms with Gasteiger partial charge in [0, 0.05) is 24.5 Å². The van der Waals surface area contributed by atoms with Crippen molar-refractivity contribution in [2.24, 2.45) is 11.8 Å². The predicted molar refractivity (Wildman–Crippen MR) is 63.6 cm³/mol. The molecule has 0 spiro atoms. The highest BCUT2D eigenvalue weighted by Gasteiger charge is 2.42. The van der Waals surface area contributed by atoms with Crippen LogP contribution in [0.25, 0.3) is 0 Å². The number of aliphatic carboxylic acids is 1. The standard InChI is InChI=1S/C12H18O3S/c13-9-5-8-7-16-11(10(8)6-9)3-1-2-4-12(14)15/h8,10-11H,1-7H2,(H,14,15)/t8-,10-,11-/m0/s1. The molecule has 0 aromatic carbocycles. The molecule has 0 amide bonds. The molecule has 1 saturated heterocycles. The number of carboxylic acids is 1. The van der Waals surface area contributed by atoms with E-state index in [0.717, 1.165) is 37.9 Å². The van der Waals surface area contributed by atoms with Crippen molar-refractivity contribution >= 4 is 23.5 Å². The Balaban J connectivity index is 1.70. The third kappa shape index (κ3) is 2.78. The van der Waals surface area contributed by atoms with E-state index in [2.05, 4.69) is 0 Å². The molecule has 1 heterocycles. The summed E-state index contributed by atoms with van der Waals surface area (Å²) in [6, 6.07) is 0. The highest BCUT2D eigenvalue weighted by molar-refractivity contribution is 8.00. The van der Waals surface area contributed by atoms with Crippen LogP contribution >= 0.6 is 11.8 Å². The van der Waals surface area contributed by atoms with Crippen molar-refractivity contribution in [3.63, 3.8) is 0 Å². The Morgan fingerprint density at radius 3 is 2.94 bits per heavy atom. The number of carboxylic acid groups (broad SMARTS) is 1. The van der Waals surface area contributed by atoms with E-state index in [9.17, 15) is 9.59 Å². The Morgan fingerprint density at radius 2 is 2.19 bits per heavy atom. The van der Waals surface area contributed by atoms with E-state index in [1.807, 2.05) is 11.8 Å². The normalized spacial score (nSPS) is 33.0. The molecule has 2 rings (SSSR count). The van der Waals surface area contributed by atoms with Crippen LogP contribution in [-0.2, 0) is 9.59 Å². The van der Waals surface area contributed by atoms with Gasteiger partial charge in [-0.15, -0.1) is 0 Å². The van der Waals surface area contributed by atoms with Crippen LogP contribution in [0.4, 0.5) is 0 Å². The second kappa shape index (κ2) is 5.21. The van der Waals surface area contributed by atoms with Gasteiger partial charge in [0.25, 0.3) is 0 Å². The number of ketones is 1. The zero-order valence-electron chi connectivity index (χ0n) is 9.35. The van der Waals surface area contributed by atoms with Gasteiger partial charge in [-0.3, -0.25) is 9.59 Å². The van der Waals surface area contributed by atoms with Gasteiger partial charge in [0.1, 0.15) is 5.78 Å². The third-order valence-electron chi connectivity index (χ3n) is 3.69. The van der Waals surface area contributed by atoms with E-state index in [4.69, 9.17) is 5.11 Å². The Hall–Kier alpha value is -0.510. The molecule has 1 saturated carbocycles. The van der Waals surface area contributed by atoms with Crippen LogP contribution in [-0.4, -0.2) is 27.9 Å². The average molecular weight is 242 g/mol. The van der Waals surface area contributed by atoms with Crippen molar-refractivity contribution in [2.45, 2.75) is 43.8 Å². The van der Waals surface area contributed by atoms with Crippen molar-refractivity contribution in [2.75, 3.05) is 5.75 Å². The molecular weight excluding hydrogens is 224 g/mol. The first kappa shape index (κ1) is 12.0. The minimum atomic E-state index is -0.701. The summed E-state index contributed by atoms with van der Waals surface area (Å²) in [7, 11) is 0. The fourth-order valence-electron chi connectivity index (χ4n) is 2.86.